The van der Waals surface area contributed by atoms with E-state index in [2.05, 4.69) is 52.4 Å². The van der Waals surface area contributed by atoms with Crippen LogP contribution in [0.25, 0.3) is 0 Å². The van der Waals surface area contributed by atoms with Crippen molar-refractivity contribution in [2.24, 2.45) is 16.8 Å². The number of amidine groups is 1. The SMILES string of the molecule is COc1cc2c(cc1OC)C(=O)C(CC1CCN(Cc3ccccc3)CC1)C2.Cl.O=C1N=C2C=CC=CN2C12Cc1ccccc1C2. The number of rotatable bonds is 6. The molecular formula is C39H42ClN3O4. The number of fused-ring (bicyclic) bond motifs is 4. The van der Waals surface area contributed by atoms with Gasteiger partial charge in [-0.2, -0.15) is 4.99 Å². The van der Waals surface area contributed by atoms with Crippen LogP contribution in [0, 0.1) is 11.8 Å². The van der Waals surface area contributed by atoms with E-state index >= 15 is 0 Å². The minimum absolute atomic E-state index is 0. The van der Waals surface area contributed by atoms with Crippen molar-refractivity contribution in [2.45, 2.75) is 50.6 Å². The molecule has 0 aromatic heterocycles. The molecule has 0 radical (unpaired) electrons. The van der Waals surface area contributed by atoms with Gasteiger partial charge in [-0.15, -0.1) is 12.4 Å². The van der Waals surface area contributed by atoms with E-state index in [0.29, 0.717) is 17.4 Å². The zero-order valence-electron chi connectivity index (χ0n) is 27.1. The van der Waals surface area contributed by atoms with E-state index in [9.17, 15) is 9.59 Å². The Labute approximate surface area is 283 Å². The zero-order valence-corrected chi connectivity index (χ0v) is 27.9. The number of ether oxygens (including phenoxy) is 2. The molecule has 1 fully saturated rings. The van der Waals surface area contributed by atoms with E-state index in [1.807, 2.05) is 53.6 Å². The molecule has 1 amide bonds. The number of hydrogen-bond acceptors (Lipinski definition) is 6. The highest BCUT2D eigenvalue weighted by Crippen LogP contribution is 2.41. The molecule has 1 atom stereocenters. The average molecular weight is 652 g/mol. The topological polar surface area (TPSA) is 71.4 Å². The first-order valence-corrected chi connectivity index (χ1v) is 16.4. The summed E-state index contributed by atoms with van der Waals surface area (Å²) in [6, 6.07) is 22.8. The van der Waals surface area contributed by atoms with Gasteiger partial charge in [0.05, 0.1) is 14.2 Å². The first-order chi connectivity index (χ1) is 22.5. The summed E-state index contributed by atoms with van der Waals surface area (Å²) in [7, 11) is 3.26. The number of amides is 1. The molecule has 1 unspecified atom stereocenters. The number of benzene rings is 3. The Morgan fingerprint density at radius 1 is 0.851 bits per heavy atom. The molecule has 3 heterocycles. The number of aliphatic imine (C=N–C) groups is 1. The molecule has 1 saturated heterocycles. The normalized spacial score (nSPS) is 20.6. The fourth-order valence-electron chi connectivity index (χ4n) is 7.83. The number of methoxy groups -OCH3 is 2. The quantitative estimate of drug-likeness (QED) is 0.298. The Kier molecular flexibility index (Phi) is 9.67. The predicted octanol–water partition coefficient (Wildman–Crippen LogP) is 6.63. The first kappa shape index (κ1) is 32.7. The largest absolute Gasteiger partial charge is 0.493 e. The first-order valence-electron chi connectivity index (χ1n) is 16.4. The van der Waals surface area contributed by atoms with Crippen LogP contribution >= 0.6 is 12.4 Å². The molecule has 47 heavy (non-hydrogen) atoms. The van der Waals surface area contributed by atoms with Crippen molar-refractivity contribution in [1.82, 2.24) is 9.80 Å². The highest BCUT2D eigenvalue weighted by Gasteiger charge is 2.52. The van der Waals surface area contributed by atoms with Crippen molar-refractivity contribution in [3.63, 3.8) is 0 Å². The number of Topliss-reactive ketones (excluding diaryl/α,β-unsaturated/α-hetero) is 1. The third-order valence-corrected chi connectivity index (χ3v) is 10.3. The smallest absolute Gasteiger partial charge is 0.274 e. The lowest BCUT2D eigenvalue weighted by Crippen LogP contribution is -2.49. The van der Waals surface area contributed by atoms with E-state index in [1.54, 1.807) is 14.2 Å². The molecule has 3 aromatic carbocycles. The molecule has 244 valence electrons. The second-order valence-electron chi connectivity index (χ2n) is 13.1. The van der Waals surface area contributed by atoms with Gasteiger partial charge in [0.1, 0.15) is 11.4 Å². The lowest BCUT2D eigenvalue weighted by atomic mass is 9.85. The second kappa shape index (κ2) is 13.9. The van der Waals surface area contributed by atoms with Crippen LogP contribution in [0.3, 0.4) is 0 Å². The number of halogens is 1. The number of piperidine rings is 1. The van der Waals surface area contributed by atoms with Crippen LogP contribution in [0.5, 0.6) is 11.5 Å². The summed E-state index contributed by atoms with van der Waals surface area (Å²) in [6.07, 6.45) is 13.5. The van der Waals surface area contributed by atoms with Gasteiger partial charge in [-0.25, -0.2) is 0 Å². The summed E-state index contributed by atoms with van der Waals surface area (Å²) < 4.78 is 10.8. The molecule has 5 aliphatic rings. The Morgan fingerprint density at radius 2 is 1.51 bits per heavy atom. The van der Waals surface area contributed by atoms with Crippen LogP contribution in [0.1, 0.15) is 51.9 Å². The van der Waals surface area contributed by atoms with E-state index in [-0.39, 0.29) is 30.0 Å². The third kappa shape index (κ3) is 6.39. The molecule has 8 heteroatoms. The fourth-order valence-corrected chi connectivity index (χ4v) is 7.83. The van der Waals surface area contributed by atoms with E-state index < -0.39 is 5.54 Å². The van der Waals surface area contributed by atoms with Gasteiger partial charge < -0.3 is 14.4 Å². The van der Waals surface area contributed by atoms with Crippen LogP contribution in [0.2, 0.25) is 0 Å². The summed E-state index contributed by atoms with van der Waals surface area (Å²) >= 11 is 0. The van der Waals surface area contributed by atoms with Gasteiger partial charge in [-0.05, 0) is 91.2 Å². The highest BCUT2D eigenvalue weighted by atomic mass is 35.5. The zero-order chi connectivity index (χ0) is 31.7. The maximum atomic E-state index is 12.9. The van der Waals surface area contributed by atoms with Crippen molar-refractivity contribution in [3.8, 4) is 11.5 Å². The molecule has 0 bridgehead atoms. The van der Waals surface area contributed by atoms with Gasteiger partial charge in [-0.1, -0.05) is 60.7 Å². The van der Waals surface area contributed by atoms with Gasteiger partial charge in [0, 0.05) is 37.1 Å². The molecular weight excluding hydrogens is 610 g/mol. The standard InChI is InChI=1S/C24H29NO3.C15H12N2O.ClH/c1-27-22-14-19-13-20(24(26)21(19)15-23(22)28-2)12-17-8-10-25(11-9-17)16-18-6-4-3-5-7-18;18-14-15(17-8-4-3-7-13(17)16-14)9-11-5-1-2-6-12(11)10-15;/h3-7,14-15,17,20H,8-13,16H2,1-2H3;1-8H,9-10H2;1H. The number of carbonyl (C=O) groups excluding carboxylic acids is 2. The van der Waals surface area contributed by atoms with Crippen molar-refractivity contribution in [3.05, 3.63) is 119 Å². The number of likely N-dealkylation sites (tertiary alicyclic amines) is 1. The molecule has 3 aliphatic heterocycles. The number of ketones is 1. The Bertz CT molecular complexity index is 1700. The van der Waals surface area contributed by atoms with Gasteiger partial charge in [0.15, 0.2) is 17.3 Å². The molecule has 0 saturated carbocycles. The van der Waals surface area contributed by atoms with Crippen molar-refractivity contribution in [2.75, 3.05) is 27.3 Å². The predicted molar refractivity (Wildman–Crippen MR) is 187 cm³/mol. The summed E-state index contributed by atoms with van der Waals surface area (Å²) in [5.41, 5.74) is 5.35. The van der Waals surface area contributed by atoms with Crippen molar-refractivity contribution in [1.29, 1.82) is 0 Å². The third-order valence-electron chi connectivity index (χ3n) is 10.3. The summed E-state index contributed by atoms with van der Waals surface area (Å²) in [5, 5.41) is 0. The van der Waals surface area contributed by atoms with Crippen LogP contribution in [0.15, 0.2) is 96.2 Å². The van der Waals surface area contributed by atoms with Gasteiger partial charge in [0.25, 0.3) is 5.91 Å². The van der Waals surface area contributed by atoms with Crippen LogP contribution in [-0.4, -0.2) is 60.2 Å². The summed E-state index contributed by atoms with van der Waals surface area (Å²) in [5.74, 6) is 3.15. The van der Waals surface area contributed by atoms with Crippen molar-refractivity contribution >= 4 is 29.9 Å². The minimum atomic E-state index is -0.500. The van der Waals surface area contributed by atoms with Gasteiger partial charge in [0.2, 0.25) is 0 Å². The van der Waals surface area contributed by atoms with Crippen molar-refractivity contribution < 1.29 is 19.1 Å². The lowest BCUT2D eigenvalue weighted by molar-refractivity contribution is -0.124. The summed E-state index contributed by atoms with van der Waals surface area (Å²) in [6.45, 7) is 3.27. The van der Waals surface area contributed by atoms with E-state index in [1.165, 1.54) is 29.5 Å². The fraction of sp³-hybridized carbons (Fsp3) is 0.359. The van der Waals surface area contributed by atoms with Crippen LogP contribution in [-0.2, 0) is 30.6 Å². The van der Waals surface area contributed by atoms with E-state index in [4.69, 9.17) is 9.47 Å². The number of allylic oxidation sites excluding steroid dienone is 2. The minimum Gasteiger partial charge on any atom is -0.493 e. The van der Waals surface area contributed by atoms with Crippen LogP contribution in [0.4, 0.5) is 0 Å². The Morgan fingerprint density at radius 3 is 2.19 bits per heavy atom. The number of hydrogen-bond donors (Lipinski definition) is 0. The number of nitrogens with zero attached hydrogens (tertiary/aromatic N) is 3. The Balaban J connectivity index is 0.000000175. The highest BCUT2D eigenvalue weighted by molar-refractivity contribution is 6.12. The molecule has 0 N–H and O–H groups in total. The molecule has 8 rings (SSSR count). The second-order valence-corrected chi connectivity index (χ2v) is 13.1. The molecule has 1 spiro atoms. The molecule has 7 nitrogen and oxygen atoms in total. The van der Waals surface area contributed by atoms with Gasteiger partial charge >= 0.3 is 0 Å². The lowest BCUT2D eigenvalue weighted by Gasteiger charge is -2.32. The number of carbonyl (C=O) groups is 2. The maximum Gasteiger partial charge on any atom is 0.274 e. The van der Waals surface area contributed by atoms with Crippen LogP contribution < -0.4 is 9.47 Å². The molecule has 3 aromatic rings. The van der Waals surface area contributed by atoms with E-state index in [0.717, 1.165) is 62.3 Å². The Hall–Kier alpha value is -4.20. The summed E-state index contributed by atoms with van der Waals surface area (Å²) in [4.78, 5) is 34.0. The molecule has 2 aliphatic carbocycles. The van der Waals surface area contributed by atoms with Gasteiger partial charge in [-0.3, -0.25) is 14.5 Å². The monoisotopic (exact) mass is 651 g/mol. The average Bonchev–Trinajstić information content (AvgIpc) is 3.72. The maximum absolute atomic E-state index is 12.9.